The van der Waals surface area contributed by atoms with Gasteiger partial charge in [0.2, 0.25) is 5.91 Å². The third kappa shape index (κ3) is 4.08. The molecule has 0 aliphatic carbocycles. The molecule has 0 saturated carbocycles. The maximum absolute atomic E-state index is 12.1. The first-order chi connectivity index (χ1) is 12.5. The molecule has 0 bridgehead atoms. The van der Waals surface area contributed by atoms with Crippen LogP contribution in [0.4, 0.5) is 0 Å². The molecule has 0 saturated heterocycles. The highest BCUT2D eigenvalue weighted by Crippen LogP contribution is 2.09. The average molecular weight is 351 g/mol. The highest BCUT2D eigenvalue weighted by molar-refractivity contribution is 5.97. The minimum Gasteiger partial charge on any atom is -0.354 e. The summed E-state index contributed by atoms with van der Waals surface area (Å²) >= 11 is 0. The number of nitrogens with zero attached hydrogens (tertiary/aromatic N) is 1. The van der Waals surface area contributed by atoms with Crippen LogP contribution in [0.2, 0.25) is 0 Å². The van der Waals surface area contributed by atoms with Gasteiger partial charge in [0.15, 0.2) is 5.78 Å². The molecule has 0 fully saturated rings. The number of Topliss-reactive ketones (excluding diaryl/α,β-unsaturated/α-hetero) is 1. The Morgan fingerprint density at radius 2 is 1.77 bits per heavy atom. The molecule has 0 atom stereocenters. The van der Waals surface area contributed by atoms with Crippen LogP contribution in [0.25, 0.3) is 11.0 Å². The molecule has 1 heterocycles. The smallest absolute Gasteiger partial charge is 0.326 e. The van der Waals surface area contributed by atoms with E-state index in [1.807, 2.05) is 43.3 Å². The van der Waals surface area contributed by atoms with Crippen LogP contribution in [0.3, 0.4) is 0 Å². The summed E-state index contributed by atoms with van der Waals surface area (Å²) in [5, 5.41) is 2.76. The predicted molar refractivity (Wildman–Crippen MR) is 100 cm³/mol. The van der Waals surface area contributed by atoms with Crippen molar-refractivity contribution in [2.45, 2.75) is 26.3 Å². The number of imidazole rings is 1. The van der Waals surface area contributed by atoms with E-state index < -0.39 is 0 Å². The van der Waals surface area contributed by atoms with Crippen molar-refractivity contribution in [1.82, 2.24) is 14.9 Å². The number of hydrogen-bond donors (Lipinski definition) is 2. The third-order valence-corrected chi connectivity index (χ3v) is 4.29. The van der Waals surface area contributed by atoms with Crippen LogP contribution in [0.1, 0.15) is 28.8 Å². The average Bonchev–Trinajstić information content (AvgIpc) is 2.96. The van der Waals surface area contributed by atoms with Crippen molar-refractivity contribution in [3.8, 4) is 0 Å². The molecule has 26 heavy (non-hydrogen) atoms. The number of hydrogen-bond acceptors (Lipinski definition) is 3. The van der Waals surface area contributed by atoms with Gasteiger partial charge in [-0.05, 0) is 19.1 Å². The molecule has 1 amide bonds. The van der Waals surface area contributed by atoms with Crippen LogP contribution in [-0.2, 0) is 11.3 Å². The molecule has 134 valence electrons. The first-order valence-corrected chi connectivity index (χ1v) is 8.59. The fourth-order valence-electron chi connectivity index (χ4n) is 2.84. The summed E-state index contributed by atoms with van der Waals surface area (Å²) in [5.74, 6) is -0.244. The molecule has 0 unspecified atom stereocenters. The zero-order valence-electron chi connectivity index (χ0n) is 14.6. The van der Waals surface area contributed by atoms with Crippen molar-refractivity contribution in [2.24, 2.45) is 0 Å². The molecule has 0 radical (unpaired) electrons. The van der Waals surface area contributed by atoms with E-state index in [-0.39, 0.29) is 30.2 Å². The number of carbonyl (C=O) groups is 2. The summed E-state index contributed by atoms with van der Waals surface area (Å²) in [7, 11) is 0. The molecule has 3 rings (SSSR count). The van der Waals surface area contributed by atoms with Crippen LogP contribution in [0, 0.1) is 6.92 Å². The van der Waals surface area contributed by atoms with Crippen LogP contribution < -0.4 is 11.0 Å². The van der Waals surface area contributed by atoms with Gasteiger partial charge in [-0.2, -0.15) is 0 Å². The number of aromatic nitrogens is 2. The van der Waals surface area contributed by atoms with E-state index in [4.69, 9.17) is 0 Å². The van der Waals surface area contributed by atoms with Crippen molar-refractivity contribution in [3.63, 3.8) is 0 Å². The van der Waals surface area contributed by atoms with Crippen molar-refractivity contribution >= 4 is 22.7 Å². The second-order valence-corrected chi connectivity index (χ2v) is 6.24. The van der Waals surface area contributed by atoms with Gasteiger partial charge in [-0.15, -0.1) is 0 Å². The molecule has 2 aromatic carbocycles. The van der Waals surface area contributed by atoms with Gasteiger partial charge in [0.25, 0.3) is 0 Å². The third-order valence-electron chi connectivity index (χ3n) is 4.29. The van der Waals surface area contributed by atoms with Crippen LogP contribution in [-0.4, -0.2) is 27.8 Å². The lowest BCUT2D eigenvalue weighted by molar-refractivity contribution is -0.121. The zero-order valence-corrected chi connectivity index (χ0v) is 14.6. The Labute approximate surface area is 150 Å². The Morgan fingerprint density at radius 1 is 1.04 bits per heavy atom. The summed E-state index contributed by atoms with van der Waals surface area (Å²) in [6, 6.07) is 14.7. The van der Waals surface area contributed by atoms with Crippen LogP contribution >= 0.6 is 0 Å². The summed E-state index contributed by atoms with van der Waals surface area (Å²) in [6.07, 6.45) is 0.303. The monoisotopic (exact) mass is 351 g/mol. The Balaban J connectivity index is 1.48. The number of benzene rings is 2. The lowest BCUT2D eigenvalue weighted by Gasteiger charge is -2.06. The number of fused-ring (bicyclic) bond motifs is 1. The number of aryl methyl sites for hydroxylation is 1. The van der Waals surface area contributed by atoms with Gasteiger partial charge < -0.3 is 10.3 Å². The second-order valence-electron chi connectivity index (χ2n) is 6.24. The topological polar surface area (TPSA) is 84.0 Å². The number of aromatic amines is 1. The Bertz CT molecular complexity index is 983. The number of carbonyl (C=O) groups excluding carboxylic acids is 2. The van der Waals surface area contributed by atoms with Crippen molar-refractivity contribution in [2.75, 3.05) is 6.54 Å². The van der Waals surface area contributed by atoms with Gasteiger partial charge in [-0.3, -0.25) is 14.2 Å². The fraction of sp³-hybridized carbons (Fsp3) is 0.250. The SMILES string of the molecule is Cc1ccc(C(=O)CCC(=O)NCCn2c(=O)[nH]c3ccccc32)cc1. The normalized spacial score (nSPS) is 10.8. The largest absolute Gasteiger partial charge is 0.354 e. The Morgan fingerprint density at radius 3 is 2.54 bits per heavy atom. The first kappa shape index (κ1) is 17.7. The van der Waals surface area contributed by atoms with E-state index in [1.165, 1.54) is 0 Å². The highest BCUT2D eigenvalue weighted by Gasteiger charge is 2.10. The van der Waals surface area contributed by atoms with Crippen molar-refractivity contribution in [3.05, 3.63) is 70.1 Å². The molecular weight excluding hydrogens is 330 g/mol. The minimum absolute atomic E-state index is 0.0481. The van der Waals surface area contributed by atoms with E-state index in [2.05, 4.69) is 10.3 Å². The second kappa shape index (κ2) is 7.82. The van der Waals surface area contributed by atoms with Gasteiger partial charge in [0, 0.05) is 31.5 Å². The van der Waals surface area contributed by atoms with Gasteiger partial charge in [-0.25, -0.2) is 4.79 Å². The van der Waals surface area contributed by atoms with Crippen LogP contribution in [0.15, 0.2) is 53.3 Å². The molecule has 0 aliphatic heterocycles. The van der Waals surface area contributed by atoms with Crippen LogP contribution in [0.5, 0.6) is 0 Å². The highest BCUT2D eigenvalue weighted by atomic mass is 16.2. The summed E-state index contributed by atoms with van der Waals surface area (Å²) < 4.78 is 1.59. The fourth-order valence-corrected chi connectivity index (χ4v) is 2.84. The Kier molecular flexibility index (Phi) is 5.31. The number of amides is 1. The van der Waals surface area contributed by atoms with E-state index in [0.29, 0.717) is 18.7 Å². The molecule has 0 spiro atoms. The molecule has 6 heteroatoms. The van der Waals surface area contributed by atoms with Gasteiger partial charge in [-0.1, -0.05) is 42.0 Å². The first-order valence-electron chi connectivity index (χ1n) is 8.59. The number of H-pyrrole nitrogens is 1. The van der Waals surface area contributed by atoms with Gasteiger partial charge >= 0.3 is 5.69 Å². The standard InChI is InChI=1S/C20H21N3O3/c1-14-6-8-15(9-7-14)18(24)10-11-19(25)21-12-13-23-17-5-3-2-4-16(17)22-20(23)26/h2-9H,10-13H2,1H3,(H,21,25)(H,22,26). The molecule has 0 aliphatic rings. The maximum atomic E-state index is 12.1. The summed E-state index contributed by atoms with van der Waals surface area (Å²) in [6.45, 7) is 2.67. The lowest BCUT2D eigenvalue weighted by Crippen LogP contribution is -2.30. The van der Waals surface area contributed by atoms with E-state index >= 15 is 0 Å². The Hall–Kier alpha value is -3.15. The maximum Gasteiger partial charge on any atom is 0.326 e. The zero-order chi connectivity index (χ0) is 18.5. The lowest BCUT2D eigenvalue weighted by atomic mass is 10.1. The molecule has 1 aromatic heterocycles. The van der Waals surface area contributed by atoms with E-state index in [0.717, 1.165) is 16.6 Å². The van der Waals surface area contributed by atoms with E-state index in [1.54, 1.807) is 16.7 Å². The van der Waals surface area contributed by atoms with E-state index in [9.17, 15) is 14.4 Å². The number of nitrogens with one attached hydrogen (secondary N) is 2. The van der Waals surface area contributed by atoms with Gasteiger partial charge in [0.1, 0.15) is 0 Å². The van der Waals surface area contributed by atoms with Crippen molar-refractivity contribution < 1.29 is 9.59 Å². The molecule has 2 N–H and O–H groups in total. The predicted octanol–water partition coefficient (Wildman–Crippen LogP) is 2.42. The summed E-state index contributed by atoms with van der Waals surface area (Å²) in [5.41, 5.74) is 3.09. The molecule has 3 aromatic rings. The molecule has 6 nitrogen and oxygen atoms in total. The van der Waals surface area contributed by atoms with Gasteiger partial charge in [0.05, 0.1) is 11.0 Å². The number of rotatable bonds is 7. The quantitative estimate of drug-likeness (QED) is 0.641. The number of para-hydroxylation sites is 2. The number of ketones is 1. The summed E-state index contributed by atoms with van der Waals surface area (Å²) in [4.78, 5) is 38.8. The molecular formula is C20H21N3O3. The van der Waals surface area contributed by atoms with Crippen molar-refractivity contribution in [1.29, 1.82) is 0 Å². The minimum atomic E-state index is -0.199.